The number of hydrogen-bond acceptors (Lipinski definition) is 3. The highest BCUT2D eigenvalue weighted by molar-refractivity contribution is 5.97. The van der Waals surface area contributed by atoms with Crippen molar-refractivity contribution in [2.75, 3.05) is 5.32 Å². The Morgan fingerprint density at radius 3 is 2.60 bits per heavy atom. The van der Waals surface area contributed by atoms with Gasteiger partial charge in [-0.2, -0.15) is 0 Å². The van der Waals surface area contributed by atoms with Gasteiger partial charge in [0.2, 0.25) is 11.8 Å². The van der Waals surface area contributed by atoms with Crippen LogP contribution in [0.2, 0.25) is 0 Å². The lowest BCUT2D eigenvalue weighted by Crippen LogP contribution is -2.27. The van der Waals surface area contributed by atoms with Gasteiger partial charge >= 0.3 is 0 Å². The van der Waals surface area contributed by atoms with Crippen molar-refractivity contribution in [3.05, 3.63) is 29.1 Å². The van der Waals surface area contributed by atoms with Gasteiger partial charge < -0.3 is 16.8 Å². The van der Waals surface area contributed by atoms with Crippen molar-refractivity contribution in [1.29, 1.82) is 0 Å². The fourth-order valence-corrected chi connectivity index (χ4v) is 1.86. The maximum absolute atomic E-state index is 13.6. The van der Waals surface area contributed by atoms with Crippen LogP contribution in [0.5, 0.6) is 0 Å². The Morgan fingerprint density at radius 1 is 1.40 bits per heavy atom. The summed E-state index contributed by atoms with van der Waals surface area (Å²) < 4.78 is 13.6. The molecule has 2 amide bonds. The van der Waals surface area contributed by atoms with Crippen molar-refractivity contribution in [2.45, 2.75) is 39.2 Å². The van der Waals surface area contributed by atoms with Gasteiger partial charge in [0.15, 0.2) is 0 Å². The summed E-state index contributed by atoms with van der Waals surface area (Å²) >= 11 is 0. The zero-order chi connectivity index (χ0) is 15.3. The van der Waals surface area contributed by atoms with Crippen LogP contribution in [-0.2, 0) is 4.79 Å². The van der Waals surface area contributed by atoms with E-state index in [2.05, 4.69) is 5.32 Å². The predicted octanol–water partition coefficient (Wildman–Crippen LogP) is 1.69. The molecular formula is C14H20FN3O2. The summed E-state index contributed by atoms with van der Waals surface area (Å²) in [5.74, 6) is -1.65. The molecule has 1 aromatic carbocycles. The average Bonchev–Trinajstić information content (AvgIpc) is 2.34. The van der Waals surface area contributed by atoms with E-state index in [-0.39, 0.29) is 35.2 Å². The summed E-state index contributed by atoms with van der Waals surface area (Å²) in [7, 11) is 0. The smallest absolute Gasteiger partial charge is 0.248 e. The van der Waals surface area contributed by atoms with Gasteiger partial charge in [-0.05, 0) is 25.5 Å². The molecule has 0 aliphatic carbocycles. The lowest BCUT2D eigenvalue weighted by molar-refractivity contribution is -0.116. The Balaban J connectivity index is 2.86. The molecule has 1 atom stereocenters. The second-order valence-corrected chi connectivity index (χ2v) is 4.80. The van der Waals surface area contributed by atoms with Crippen LogP contribution in [0.3, 0.4) is 0 Å². The Morgan fingerprint density at radius 2 is 2.05 bits per heavy atom. The summed E-state index contributed by atoms with van der Waals surface area (Å²) in [5.41, 5.74) is 11.4. The number of carbonyl (C=O) groups is 2. The highest BCUT2D eigenvalue weighted by Gasteiger charge is 2.14. The van der Waals surface area contributed by atoms with Gasteiger partial charge in [-0.1, -0.05) is 13.3 Å². The minimum absolute atomic E-state index is 0.0151. The highest BCUT2D eigenvalue weighted by atomic mass is 19.1. The first-order valence-corrected chi connectivity index (χ1v) is 6.50. The summed E-state index contributed by atoms with van der Waals surface area (Å²) in [5, 5.41) is 2.57. The first kappa shape index (κ1) is 16.1. The van der Waals surface area contributed by atoms with E-state index >= 15 is 0 Å². The molecule has 0 aliphatic heterocycles. The van der Waals surface area contributed by atoms with Gasteiger partial charge in [0.05, 0.1) is 0 Å². The number of benzene rings is 1. The molecule has 5 N–H and O–H groups in total. The summed E-state index contributed by atoms with van der Waals surface area (Å²) in [4.78, 5) is 22.9. The lowest BCUT2D eigenvalue weighted by Gasteiger charge is -2.13. The summed E-state index contributed by atoms with van der Waals surface area (Å²) in [6.07, 6.45) is 1.77. The van der Waals surface area contributed by atoms with Crippen LogP contribution in [0, 0.1) is 12.7 Å². The van der Waals surface area contributed by atoms with Crippen molar-refractivity contribution in [1.82, 2.24) is 0 Å². The Kier molecular flexibility index (Phi) is 5.64. The fourth-order valence-electron chi connectivity index (χ4n) is 1.86. The first-order valence-electron chi connectivity index (χ1n) is 6.50. The van der Waals surface area contributed by atoms with Gasteiger partial charge in [0.1, 0.15) is 5.82 Å². The molecule has 110 valence electrons. The van der Waals surface area contributed by atoms with Crippen LogP contribution in [0.15, 0.2) is 12.1 Å². The number of carbonyl (C=O) groups excluding carboxylic acids is 2. The van der Waals surface area contributed by atoms with Gasteiger partial charge in [0, 0.05) is 29.3 Å². The molecule has 0 aromatic heterocycles. The third-order valence-corrected chi connectivity index (χ3v) is 3.01. The topological polar surface area (TPSA) is 98.2 Å². The zero-order valence-corrected chi connectivity index (χ0v) is 11.7. The number of amides is 2. The van der Waals surface area contributed by atoms with Crippen LogP contribution in [-0.4, -0.2) is 17.9 Å². The minimum atomic E-state index is -0.748. The number of halogens is 1. The molecule has 0 fully saturated rings. The van der Waals surface area contributed by atoms with Crippen molar-refractivity contribution < 1.29 is 14.0 Å². The van der Waals surface area contributed by atoms with Crippen molar-refractivity contribution in [2.24, 2.45) is 11.5 Å². The molecule has 0 saturated heterocycles. The first-order chi connectivity index (χ1) is 9.35. The van der Waals surface area contributed by atoms with E-state index < -0.39 is 11.7 Å². The van der Waals surface area contributed by atoms with Gasteiger partial charge in [0.25, 0.3) is 0 Å². The molecule has 0 spiro atoms. The second-order valence-electron chi connectivity index (χ2n) is 4.80. The molecular weight excluding hydrogens is 261 g/mol. The molecule has 0 heterocycles. The highest BCUT2D eigenvalue weighted by Crippen LogP contribution is 2.21. The van der Waals surface area contributed by atoms with Gasteiger partial charge in [-0.3, -0.25) is 9.59 Å². The van der Waals surface area contributed by atoms with Crippen LogP contribution < -0.4 is 16.8 Å². The van der Waals surface area contributed by atoms with Crippen molar-refractivity contribution >= 4 is 17.5 Å². The average molecular weight is 281 g/mol. The Bertz CT molecular complexity index is 517. The van der Waals surface area contributed by atoms with E-state index in [1.54, 1.807) is 0 Å². The third-order valence-electron chi connectivity index (χ3n) is 3.01. The molecule has 5 nitrogen and oxygen atoms in total. The second kappa shape index (κ2) is 7.00. The molecule has 0 saturated carbocycles. The SMILES string of the molecule is CCCC(N)CC(=O)Nc1cc(C(N)=O)cc(F)c1C. The largest absolute Gasteiger partial charge is 0.366 e. The molecule has 6 heteroatoms. The predicted molar refractivity (Wildman–Crippen MR) is 75.8 cm³/mol. The van der Waals surface area contributed by atoms with Crippen molar-refractivity contribution in [3.63, 3.8) is 0 Å². The van der Waals surface area contributed by atoms with Crippen LogP contribution in [0.4, 0.5) is 10.1 Å². The molecule has 1 rings (SSSR count). The lowest BCUT2D eigenvalue weighted by atomic mass is 10.1. The number of anilines is 1. The maximum atomic E-state index is 13.6. The molecule has 1 unspecified atom stereocenters. The van der Waals surface area contributed by atoms with Gasteiger partial charge in [-0.25, -0.2) is 4.39 Å². The molecule has 20 heavy (non-hydrogen) atoms. The third kappa shape index (κ3) is 4.31. The van der Waals surface area contributed by atoms with E-state index in [9.17, 15) is 14.0 Å². The van der Waals surface area contributed by atoms with Crippen LogP contribution in [0.1, 0.15) is 42.1 Å². The van der Waals surface area contributed by atoms with Crippen LogP contribution >= 0.6 is 0 Å². The number of nitrogens with two attached hydrogens (primary N) is 2. The Hall–Kier alpha value is -1.95. The normalized spacial score (nSPS) is 12.0. The number of rotatable bonds is 6. The fraction of sp³-hybridized carbons (Fsp3) is 0.429. The maximum Gasteiger partial charge on any atom is 0.248 e. The standard InChI is InChI=1S/C14H20FN3O2/c1-3-4-10(16)7-13(19)18-12-6-9(14(17)20)5-11(15)8(12)2/h5-6,10H,3-4,7,16H2,1-2H3,(H2,17,20)(H,18,19). The molecule has 1 aromatic rings. The quantitative estimate of drug-likeness (QED) is 0.740. The van der Waals surface area contributed by atoms with Crippen molar-refractivity contribution in [3.8, 4) is 0 Å². The summed E-state index contributed by atoms with van der Waals surface area (Å²) in [6, 6.07) is 2.18. The van der Waals surface area contributed by atoms with Crippen LogP contribution in [0.25, 0.3) is 0 Å². The molecule has 0 bridgehead atoms. The Labute approximate surface area is 117 Å². The van der Waals surface area contributed by atoms with Gasteiger partial charge in [-0.15, -0.1) is 0 Å². The van der Waals surface area contributed by atoms with E-state index in [0.29, 0.717) is 0 Å². The van der Waals surface area contributed by atoms with E-state index in [4.69, 9.17) is 11.5 Å². The van der Waals surface area contributed by atoms with E-state index in [0.717, 1.165) is 18.9 Å². The zero-order valence-electron chi connectivity index (χ0n) is 11.7. The minimum Gasteiger partial charge on any atom is -0.366 e. The number of primary amides is 1. The van der Waals surface area contributed by atoms with E-state index in [1.807, 2.05) is 6.92 Å². The number of hydrogen-bond donors (Lipinski definition) is 3. The summed E-state index contributed by atoms with van der Waals surface area (Å²) in [6.45, 7) is 3.50. The monoisotopic (exact) mass is 281 g/mol. The molecule has 0 aliphatic rings. The molecule has 0 radical (unpaired) electrons. The van der Waals surface area contributed by atoms with E-state index in [1.165, 1.54) is 13.0 Å². The number of nitrogens with one attached hydrogen (secondary N) is 1.